The van der Waals surface area contributed by atoms with E-state index >= 15 is 0 Å². The quantitative estimate of drug-likeness (QED) is 0.152. The average Bonchev–Trinajstić information content (AvgIpc) is 2.66. The van der Waals surface area contributed by atoms with Crippen LogP contribution in [0, 0.1) is 5.92 Å². The normalized spacial score (nSPS) is 14.1. The molecule has 1 rings (SSSR count). The third kappa shape index (κ3) is 13.3. The summed E-state index contributed by atoms with van der Waals surface area (Å²) >= 11 is 0. The summed E-state index contributed by atoms with van der Waals surface area (Å²) in [6.45, 7) is 10.6. The van der Waals surface area contributed by atoms with Crippen molar-refractivity contribution in [2.75, 3.05) is 12.4 Å². The molecule has 0 aliphatic carbocycles. The summed E-state index contributed by atoms with van der Waals surface area (Å²) in [4.78, 5) is 11.9. The first-order valence-corrected chi connectivity index (χ1v) is 12.4. The summed E-state index contributed by atoms with van der Waals surface area (Å²) in [5.41, 5.74) is 2.85. The van der Waals surface area contributed by atoms with E-state index in [1.807, 2.05) is 0 Å². The van der Waals surface area contributed by atoms with Crippen molar-refractivity contribution in [3.05, 3.63) is 47.5 Å². The molecule has 0 heterocycles. The van der Waals surface area contributed by atoms with Gasteiger partial charge in [-0.1, -0.05) is 71.0 Å². The minimum absolute atomic E-state index is 0. The fraction of sp³-hybridized carbons (Fsp3) is 0.625. The van der Waals surface area contributed by atoms with Gasteiger partial charge in [0.1, 0.15) is 0 Å². The molecule has 0 fully saturated rings. The average molecular weight is 477 g/mol. The molecule has 0 N–H and O–H groups in total. The summed E-state index contributed by atoms with van der Waals surface area (Å²) in [5.74, 6) is -0.632. The van der Waals surface area contributed by atoms with Crippen molar-refractivity contribution in [1.82, 2.24) is 0 Å². The van der Waals surface area contributed by atoms with Crippen molar-refractivity contribution < 1.29 is 73.9 Å². The van der Waals surface area contributed by atoms with E-state index in [4.69, 9.17) is 4.74 Å². The Labute approximate surface area is 231 Å². The Kier molecular flexibility index (Phi) is 15.0. The molecule has 2 atom stereocenters. The predicted octanol–water partition coefficient (Wildman–Crippen LogP) is 2.32. The van der Waals surface area contributed by atoms with E-state index in [1.165, 1.54) is 11.1 Å². The van der Waals surface area contributed by atoms with Gasteiger partial charge in [0.2, 0.25) is 0 Å². The smallest absolute Gasteiger partial charge is 0.748 e. The number of hydrogen-bond acceptors (Lipinski definition) is 5. The van der Waals surface area contributed by atoms with Gasteiger partial charge in [-0.05, 0) is 54.6 Å². The fourth-order valence-corrected chi connectivity index (χ4v) is 3.66. The van der Waals surface area contributed by atoms with Crippen LogP contribution < -0.4 is 51.4 Å². The number of carbonyl (C=O) groups excluding carboxylic acids is 1. The van der Waals surface area contributed by atoms with E-state index in [-0.39, 0.29) is 81.7 Å². The van der Waals surface area contributed by atoms with Crippen LogP contribution in [-0.2, 0) is 25.1 Å². The van der Waals surface area contributed by atoms with Crippen molar-refractivity contribution >= 4 is 16.1 Å². The molecule has 0 bridgehead atoms. The zero-order chi connectivity index (χ0) is 22.8. The molecule has 170 valence electrons. The number of carbonyl (C=O) groups is 1. The Balaban J connectivity index is 0.00000900. The molecule has 2 unspecified atom stereocenters. The molecule has 7 heteroatoms. The number of rotatable bonds is 12. The maximum Gasteiger partial charge on any atom is 1.00 e. The maximum atomic E-state index is 11.9. The molecular weight excluding hydrogens is 439 g/mol. The first kappa shape index (κ1) is 31.0. The molecule has 1 aromatic carbocycles. The fourth-order valence-electron chi connectivity index (χ4n) is 3.19. The maximum absolute atomic E-state index is 11.9. The molecule has 0 spiro atoms. The Hall–Kier alpha value is -0.0236. The molecule has 0 aromatic heterocycles. The van der Waals surface area contributed by atoms with Crippen molar-refractivity contribution in [1.29, 1.82) is 0 Å². The van der Waals surface area contributed by atoms with Crippen molar-refractivity contribution in [3.8, 4) is 0 Å². The largest absolute Gasteiger partial charge is 1.00 e. The van der Waals surface area contributed by atoms with Crippen LogP contribution in [0.5, 0.6) is 0 Å². The van der Waals surface area contributed by atoms with Gasteiger partial charge in [0, 0.05) is 5.75 Å². The Morgan fingerprint density at radius 1 is 1.16 bits per heavy atom. The topological polar surface area (TPSA) is 83.5 Å². The summed E-state index contributed by atoms with van der Waals surface area (Å²) in [5, 5.41) is 0. The SMILES string of the molecule is CCC(C/C=C/CCC(C)C(=O)OCCCS(=O)(=O)[O-])c1ccc(C(C)(C)C)cc1.[K+]. The zero-order valence-corrected chi connectivity index (χ0v) is 24.0. The first-order chi connectivity index (χ1) is 13.9. The Morgan fingerprint density at radius 3 is 2.29 bits per heavy atom. The van der Waals surface area contributed by atoms with Gasteiger partial charge in [0.25, 0.3) is 0 Å². The van der Waals surface area contributed by atoms with Crippen LogP contribution in [0.3, 0.4) is 0 Å². The summed E-state index contributed by atoms with van der Waals surface area (Å²) < 4.78 is 36.6. The summed E-state index contributed by atoms with van der Waals surface area (Å²) in [6, 6.07) is 8.92. The number of ether oxygens (including phenoxy) is 1. The molecule has 0 saturated heterocycles. The van der Waals surface area contributed by atoms with E-state index in [0.717, 1.165) is 19.3 Å². The minimum Gasteiger partial charge on any atom is -0.748 e. The molecular formula is C24H37KO5S. The monoisotopic (exact) mass is 476 g/mol. The standard InChI is InChI=1S/C24H38O5S.K/c1-6-20(21-13-15-22(16-14-21)24(3,4)5)12-9-7-8-11-19(2)23(25)29-17-10-18-30(26,27)28;/h7,9,13-16,19-20H,6,8,10-12,17-18H2,1-5H3,(H,26,27,28);/q;+1/p-1/b9-7+;. The predicted molar refractivity (Wildman–Crippen MR) is 120 cm³/mol. The van der Waals surface area contributed by atoms with E-state index in [2.05, 4.69) is 64.1 Å². The first-order valence-electron chi connectivity index (χ1n) is 10.8. The van der Waals surface area contributed by atoms with Crippen LogP contribution in [0.15, 0.2) is 36.4 Å². The van der Waals surface area contributed by atoms with Gasteiger partial charge in [0.05, 0.1) is 22.6 Å². The number of esters is 1. The van der Waals surface area contributed by atoms with E-state index in [1.54, 1.807) is 6.92 Å². The molecule has 1 aromatic rings. The van der Waals surface area contributed by atoms with E-state index in [9.17, 15) is 17.8 Å². The molecule has 31 heavy (non-hydrogen) atoms. The van der Waals surface area contributed by atoms with Gasteiger partial charge in [0.15, 0.2) is 0 Å². The molecule has 0 aliphatic rings. The van der Waals surface area contributed by atoms with Gasteiger partial charge in [-0.25, -0.2) is 8.42 Å². The molecule has 5 nitrogen and oxygen atoms in total. The molecule has 0 radical (unpaired) electrons. The number of benzene rings is 1. The summed E-state index contributed by atoms with van der Waals surface area (Å²) in [7, 11) is -4.25. The third-order valence-corrected chi connectivity index (χ3v) is 6.07. The second-order valence-electron chi connectivity index (χ2n) is 8.95. The van der Waals surface area contributed by atoms with Crippen molar-refractivity contribution in [2.45, 2.75) is 78.1 Å². The van der Waals surface area contributed by atoms with Gasteiger partial charge >= 0.3 is 57.4 Å². The van der Waals surface area contributed by atoms with Gasteiger partial charge in [-0.2, -0.15) is 0 Å². The van der Waals surface area contributed by atoms with Crippen molar-refractivity contribution in [3.63, 3.8) is 0 Å². The van der Waals surface area contributed by atoms with Crippen LogP contribution in [0.4, 0.5) is 0 Å². The zero-order valence-electron chi connectivity index (χ0n) is 20.0. The number of hydrogen-bond donors (Lipinski definition) is 0. The van der Waals surface area contributed by atoms with Crippen LogP contribution in [0.1, 0.15) is 83.8 Å². The molecule has 0 amide bonds. The Morgan fingerprint density at radius 2 is 1.77 bits per heavy atom. The van der Waals surface area contributed by atoms with Crippen LogP contribution in [-0.4, -0.2) is 31.3 Å². The van der Waals surface area contributed by atoms with Crippen LogP contribution >= 0.6 is 0 Å². The van der Waals surface area contributed by atoms with Gasteiger partial charge < -0.3 is 9.29 Å². The van der Waals surface area contributed by atoms with Crippen LogP contribution in [0.2, 0.25) is 0 Å². The summed E-state index contributed by atoms with van der Waals surface area (Å²) in [6.07, 6.45) is 7.83. The van der Waals surface area contributed by atoms with Gasteiger partial charge in [-0.15, -0.1) is 0 Å². The van der Waals surface area contributed by atoms with E-state index in [0.29, 0.717) is 12.3 Å². The Bertz CT molecular complexity index is 779. The molecule has 0 aliphatic heterocycles. The number of allylic oxidation sites excluding steroid dienone is 2. The molecule has 0 saturated carbocycles. The van der Waals surface area contributed by atoms with Gasteiger partial charge in [-0.3, -0.25) is 4.79 Å². The third-order valence-electron chi connectivity index (χ3n) is 5.28. The minimum atomic E-state index is -4.25. The van der Waals surface area contributed by atoms with Crippen LogP contribution in [0.25, 0.3) is 0 Å². The second kappa shape index (κ2) is 15.0. The van der Waals surface area contributed by atoms with Crippen molar-refractivity contribution in [2.24, 2.45) is 5.92 Å². The van der Waals surface area contributed by atoms with E-state index < -0.39 is 15.9 Å². The second-order valence-corrected chi connectivity index (χ2v) is 10.5.